The van der Waals surface area contributed by atoms with Gasteiger partial charge >= 0.3 is 0 Å². The highest BCUT2D eigenvalue weighted by Crippen LogP contribution is 2.28. The molecule has 1 fully saturated rings. The molecule has 0 atom stereocenters. The molecular formula is C17H27FIN3O. The number of ether oxygens (including phenoxy) is 1. The van der Waals surface area contributed by atoms with E-state index >= 15 is 0 Å². The smallest absolute Gasteiger partial charge is 0.191 e. The van der Waals surface area contributed by atoms with E-state index in [1.807, 2.05) is 6.07 Å². The van der Waals surface area contributed by atoms with Crippen molar-refractivity contribution in [1.29, 1.82) is 0 Å². The number of hydrogen-bond acceptors (Lipinski definition) is 2. The number of guanidine groups is 1. The quantitative estimate of drug-likeness (QED) is 0.285. The molecule has 0 heterocycles. The van der Waals surface area contributed by atoms with Crippen molar-refractivity contribution >= 4 is 29.9 Å². The summed E-state index contributed by atoms with van der Waals surface area (Å²) in [6.45, 7) is 4.92. The second kappa shape index (κ2) is 10.8. The van der Waals surface area contributed by atoms with Crippen LogP contribution in [0.2, 0.25) is 0 Å². The Labute approximate surface area is 155 Å². The third kappa shape index (κ3) is 7.97. The normalized spacial score (nSPS) is 14.3. The van der Waals surface area contributed by atoms with Gasteiger partial charge in [-0.3, -0.25) is 4.99 Å². The Balaban J connectivity index is 0.00000264. The number of nitrogens with one attached hydrogen (secondary N) is 2. The van der Waals surface area contributed by atoms with Gasteiger partial charge in [-0.15, -0.1) is 24.0 Å². The van der Waals surface area contributed by atoms with Crippen molar-refractivity contribution in [3.05, 3.63) is 35.1 Å². The molecule has 1 aromatic rings. The summed E-state index contributed by atoms with van der Waals surface area (Å²) in [5.41, 5.74) is 1.70. The van der Waals surface area contributed by atoms with Crippen LogP contribution in [0.3, 0.4) is 0 Å². The summed E-state index contributed by atoms with van der Waals surface area (Å²) >= 11 is 0. The van der Waals surface area contributed by atoms with Crippen LogP contribution in [0.25, 0.3) is 0 Å². The summed E-state index contributed by atoms with van der Waals surface area (Å²) < 4.78 is 18.8. The fraction of sp³-hybridized carbons (Fsp3) is 0.588. The highest BCUT2D eigenvalue weighted by molar-refractivity contribution is 14.0. The average Bonchev–Trinajstić information content (AvgIpc) is 3.33. The zero-order chi connectivity index (χ0) is 15.8. The Morgan fingerprint density at radius 1 is 1.35 bits per heavy atom. The van der Waals surface area contributed by atoms with E-state index in [0.29, 0.717) is 12.1 Å². The van der Waals surface area contributed by atoms with Gasteiger partial charge in [0.2, 0.25) is 0 Å². The van der Waals surface area contributed by atoms with E-state index in [9.17, 15) is 4.39 Å². The summed E-state index contributed by atoms with van der Waals surface area (Å²) in [5, 5.41) is 6.48. The van der Waals surface area contributed by atoms with Crippen LogP contribution in [-0.4, -0.2) is 32.8 Å². The predicted octanol–water partition coefficient (Wildman–Crippen LogP) is 3.23. The molecule has 0 amide bonds. The maximum atomic E-state index is 13.2. The molecule has 0 bridgehead atoms. The molecule has 1 aliphatic rings. The van der Waals surface area contributed by atoms with Crippen molar-refractivity contribution in [3.8, 4) is 0 Å². The number of benzene rings is 1. The van der Waals surface area contributed by atoms with Crippen LogP contribution in [0, 0.1) is 18.7 Å². The second-order valence-corrected chi connectivity index (χ2v) is 5.81. The van der Waals surface area contributed by atoms with Gasteiger partial charge in [-0.1, -0.05) is 12.1 Å². The third-order valence-corrected chi connectivity index (χ3v) is 3.71. The minimum Gasteiger partial charge on any atom is -0.381 e. The van der Waals surface area contributed by atoms with Crippen molar-refractivity contribution in [3.63, 3.8) is 0 Å². The molecule has 1 aliphatic carbocycles. The fourth-order valence-electron chi connectivity index (χ4n) is 2.14. The monoisotopic (exact) mass is 435 g/mol. The largest absolute Gasteiger partial charge is 0.381 e. The van der Waals surface area contributed by atoms with Gasteiger partial charge in [0.25, 0.3) is 0 Å². The van der Waals surface area contributed by atoms with Gasteiger partial charge < -0.3 is 15.4 Å². The van der Waals surface area contributed by atoms with Crippen molar-refractivity contribution in [2.45, 2.75) is 32.7 Å². The Kier molecular flexibility index (Phi) is 9.47. The Morgan fingerprint density at radius 3 is 2.78 bits per heavy atom. The number of hydrogen-bond donors (Lipinski definition) is 2. The van der Waals surface area contributed by atoms with Crippen LogP contribution < -0.4 is 10.6 Å². The van der Waals surface area contributed by atoms with Gasteiger partial charge in [-0.05, 0) is 49.3 Å². The lowest BCUT2D eigenvalue weighted by Gasteiger charge is -2.12. The molecular weight excluding hydrogens is 408 g/mol. The van der Waals surface area contributed by atoms with Gasteiger partial charge in [0.1, 0.15) is 5.82 Å². The predicted molar refractivity (Wildman–Crippen MR) is 103 cm³/mol. The Hall–Kier alpha value is -0.890. The van der Waals surface area contributed by atoms with Crippen molar-refractivity contribution in [1.82, 2.24) is 10.6 Å². The van der Waals surface area contributed by atoms with Gasteiger partial charge in [0, 0.05) is 33.4 Å². The number of rotatable bonds is 8. The summed E-state index contributed by atoms with van der Waals surface area (Å²) in [6.07, 6.45) is 3.62. The second-order valence-electron chi connectivity index (χ2n) is 5.81. The van der Waals surface area contributed by atoms with Crippen LogP contribution in [0.15, 0.2) is 23.2 Å². The van der Waals surface area contributed by atoms with Crippen LogP contribution in [0.1, 0.15) is 30.4 Å². The van der Waals surface area contributed by atoms with Gasteiger partial charge in [0.05, 0.1) is 0 Å². The van der Waals surface area contributed by atoms with Gasteiger partial charge in [-0.25, -0.2) is 4.39 Å². The standard InChI is InChI=1S/C17H26FN3O.HI/c1-13-10-15(6-7-16(13)18)11-21-17(19-2)20-8-3-9-22-12-14-4-5-14;/h6-7,10,14H,3-5,8-9,11-12H2,1-2H3,(H2,19,20,21);1H. The lowest BCUT2D eigenvalue weighted by molar-refractivity contribution is 0.123. The lowest BCUT2D eigenvalue weighted by atomic mass is 10.1. The minimum atomic E-state index is -0.169. The summed E-state index contributed by atoms with van der Waals surface area (Å²) in [5.74, 6) is 1.41. The van der Waals surface area contributed by atoms with Crippen LogP contribution >= 0.6 is 24.0 Å². The first kappa shape index (κ1) is 20.2. The molecule has 130 valence electrons. The molecule has 0 aliphatic heterocycles. The minimum absolute atomic E-state index is 0. The number of aliphatic imine (C=N–C) groups is 1. The molecule has 4 nitrogen and oxygen atoms in total. The third-order valence-electron chi connectivity index (χ3n) is 3.71. The molecule has 0 saturated heterocycles. The molecule has 1 aromatic carbocycles. The van der Waals surface area contributed by atoms with E-state index in [-0.39, 0.29) is 29.8 Å². The highest BCUT2D eigenvalue weighted by atomic mass is 127. The van der Waals surface area contributed by atoms with Crippen molar-refractivity contribution in [2.75, 3.05) is 26.8 Å². The molecule has 2 N–H and O–H groups in total. The van der Waals surface area contributed by atoms with E-state index in [1.54, 1.807) is 20.0 Å². The zero-order valence-corrected chi connectivity index (χ0v) is 16.2. The Morgan fingerprint density at radius 2 is 2.13 bits per heavy atom. The van der Waals surface area contributed by atoms with Crippen molar-refractivity contribution in [2.24, 2.45) is 10.9 Å². The number of halogens is 2. The lowest BCUT2D eigenvalue weighted by Crippen LogP contribution is -2.37. The topological polar surface area (TPSA) is 45.7 Å². The van der Waals surface area contributed by atoms with E-state index in [0.717, 1.165) is 43.6 Å². The molecule has 0 spiro atoms. The van der Waals surface area contributed by atoms with Crippen LogP contribution in [0.4, 0.5) is 4.39 Å². The molecule has 2 rings (SSSR count). The maximum Gasteiger partial charge on any atom is 0.191 e. The van der Waals surface area contributed by atoms with Crippen LogP contribution in [-0.2, 0) is 11.3 Å². The average molecular weight is 435 g/mol. The van der Waals surface area contributed by atoms with E-state index in [1.165, 1.54) is 18.9 Å². The zero-order valence-electron chi connectivity index (χ0n) is 13.9. The van der Waals surface area contributed by atoms with Gasteiger partial charge in [-0.2, -0.15) is 0 Å². The molecule has 0 aromatic heterocycles. The highest BCUT2D eigenvalue weighted by Gasteiger charge is 2.20. The molecule has 23 heavy (non-hydrogen) atoms. The molecule has 1 saturated carbocycles. The summed E-state index contributed by atoms with van der Waals surface area (Å²) in [7, 11) is 1.74. The maximum absolute atomic E-state index is 13.2. The first-order valence-corrected chi connectivity index (χ1v) is 7.96. The first-order valence-electron chi connectivity index (χ1n) is 7.96. The number of nitrogens with zero attached hydrogens (tertiary/aromatic N) is 1. The van der Waals surface area contributed by atoms with E-state index < -0.39 is 0 Å². The SMILES string of the molecule is CN=C(NCCCOCC1CC1)NCc1ccc(F)c(C)c1.I. The summed E-state index contributed by atoms with van der Waals surface area (Å²) in [6, 6.07) is 5.13. The van der Waals surface area contributed by atoms with E-state index in [4.69, 9.17) is 4.74 Å². The molecule has 6 heteroatoms. The molecule has 0 radical (unpaired) electrons. The van der Waals surface area contributed by atoms with E-state index in [2.05, 4.69) is 15.6 Å². The fourth-order valence-corrected chi connectivity index (χ4v) is 2.14. The van der Waals surface area contributed by atoms with Crippen molar-refractivity contribution < 1.29 is 9.13 Å². The Bertz CT molecular complexity index is 507. The summed E-state index contributed by atoms with van der Waals surface area (Å²) in [4.78, 5) is 4.18. The first-order chi connectivity index (χ1) is 10.7. The number of aryl methyl sites for hydroxylation is 1. The molecule has 0 unspecified atom stereocenters. The van der Waals surface area contributed by atoms with Gasteiger partial charge in [0.15, 0.2) is 5.96 Å². The van der Waals surface area contributed by atoms with Crippen LogP contribution in [0.5, 0.6) is 0 Å².